The van der Waals surface area contributed by atoms with Crippen molar-refractivity contribution >= 4 is 27.3 Å². The van der Waals surface area contributed by atoms with Gasteiger partial charge in [0.25, 0.3) is 0 Å². The molecule has 0 atom stereocenters. The van der Waals surface area contributed by atoms with Gasteiger partial charge in [-0.3, -0.25) is 9.10 Å². The maximum absolute atomic E-state index is 13.6. The highest BCUT2D eigenvalue weighted by molar-refractivity contribution is 7.92. The molecule has 2 rings (SSSR count). The molecule has 0 unspecified atom stereocenters. The van der Waals surface area contributed by atoms with Crippen LogP contribution >= 0.6 is 0 Å². The number of benzene rings is 2. The van der Waals surface area contributed by atoms with E-state index < -0.39 is 27.6 Å². The first-order valence-corrected chi connectivity index (χ1v) is 9.72. The molecule has 26 heavy (non-hydrogen) atoms. The summed E-state index contributed by atoms with van der Waals surface area (Å²) in [6, 6.07) is 8.14. The number of halogens is 2. The van der Waals surface area contributed by atoms with Gasteiger partial charge < -0.3 is 5.32 Å². The minimum absolute atomic E-state index is 0.101. The number of aryl methyl sites for hydroxylation is 2. The van der Waals surface area contributed by atoms with E-state index in [4.69, 9.17) is 0 Å². The lowest BCUT2D eigenvalue weighted by Gasteiger charge is -2.23. The van der Waals surface area contributed by atoms with Crippen LogP contribution in [0, 0.1) is 25.5 Å². The van der Waals surface area contributed by atoms with E-state index in [0.29, 0.717) is 11.8 Å². The molecule has 0 spiro atoms. The Hall–Kier alpha value is -2.48. The van der Waals surface area contributed by atoms with Crippen molar-refractivity contribution in [3.05, 3.63) is 59.2 Å². The predicted molar refractivity (Wildman–Crippen MR) is 97.7 cm³/mol. The van der Waals surface area contributed by atoms with Crippen molar-refractivity contribution in [2.75, 3.05) is 22.4 Å². The van der Waals surface area contributed by atoms with Crippen molar-refractivity contribution in [2.24, 2.45) is 0 Å². The van der Waals surface area contributed by atoms with Crippen LogP contribution in [-0.4, -0.2) is 27.1 Å². The van der Waals surface area contributed by atoms with Gasteiger partial charge in [-0.25, -0.2) is 17.2 Å². The van der Waals surface area contributed by atoms with Crippen LogP contribution in [0.15, 0.2) is 36.4 Å². The maximum Gasteiger partial charge on any atom is 0.232 e. The molecule has 2 aromatic rings. The molecule has 0 radical (unpaired) electrons. The molecule has 0 heterocycles. The van der Waals surface area contributed by atoms with Crippen molar-refractivity contribution in [3.8, 4) is 0 Å². The number of sulfonamides is 1. The first-order valence-electron chi connectivity index (χ1n) is 7.87. The lowest BCUT2D eigenvalue weighted by Crippen LogP contribution is -2.33. The zero-order valence-corrected chi connectivity index (χ0v) is 15.5. The highest BCUT2D eigenvalue weighted by Gasteiger charge is 2.19. The average Bonchev–Trinajstić information content (AvgIpc) is 2.48. The second-order valence-electron chi connectivity index (χ2n) is 6.10. The fourth-order valence-corrected chi connectivity index (χ4v) is 3.50. The fourth-order valence-electron chi connectivity index (χ4n) is 2.59. The lowest BCUT2D eigenvalue weighted by molar-refractivity contribution is -0.116. The predicted octanol–water partition coefficient (Wildman–Crippen LogP) is 3.38. The third kappa shape index (κ3) is 5.26. The van der Waals surface area contributed by atoms with E-state index in [0.717, 1.165) is 33.8 Å². The minimum Gasteiger partial charge on any atom is -0.324 e. The second-order valence-corrected chi connectivity index (χ2v) is 8.01. The molecule has 5 nitrogen and oxygen atoms in total. The topological polar surface area (TPSA) is 66.5 Å². The van der Waals surface area contributed by atoms with E-state index in [2.05, 4.69) is 5.32 Å². The minimum atomic E-state index is -3.60. The zero-order valence-electron chi connectivity index (χ0n) is 14.7. The van der Waals surface area contributed by atoms with E-state index in [9.17, 15) is 22.0 Å². The summed E-state index contributed by atoms with van der Waals surface area (Å²) in [5, 5.41) is 2.32. The number of nitrogens with one attached hydrogen (secondary N) is 1. The van der Waals surface area contributed by atoms with E-state index in [1.165, 1.54) is 0 Å². The van der Waals surface area contributed by atoms with E-state index >= 15 is 0 Å². The fraction of sp³-hybridized carbons (Fsp3) is 0.278. The molecule has 8 heteroatoms. The van der Waals surface area contributed by atoms with Gasteiger partial charge in [0, 0.05) is 19.0 Å². The molecule has 0 saturated heterocycles. The van der Waals surface area contributed by atoms with Crippen LogP contribution in [0.1, 0.15) is 17.5 Å². The van der Waals surface area contributed by atoms with Gasteiger partial charge in [-0.15, -0.1) is 0 Å². The number of anilines is 2. The summed E-state index contributed by atoms with van der Waals surface area (Å²) in [7, 11) is -3.60. The quantitative estimate of drug-likeness (QED) is 0.833. The maximum atomic E-state index is 13.6. The van der Waals surface area contributed by atoms with Gasteiger partial charge in [0.2, 0.25) is 15.9 Å². The smallest absolute Gasteiger partial charge is 0.232 e. The Kier molecular flexibility index (Phi) is 5.97. The highest BCUT2D eigenvalue weighted by atomic mass is 32.2. The van der Waals surface area contributed by atoms with Crippen molar-refractivity contribution in [3.63, 3.8) is 0 Å². The molecule has 2 aromatic carbocycles. The molecular formula is C18H20F2N2O3S. The number of nitrogens with zero attached hydrogens (tertiary/aromatic N) is 1. The highest BCUT2D eigenvalue weighted by Crippen LogP contribution is 2.22. The van der Waals surface area contributed by atoms with Crippen molar-refractivity contribution in [1.82, 2.24) is 0 Å². The van der Waals surface area contributed by atoms with Crippen LogP contribution in [0.3, 0.4) is 0 Å². The van der Waals surface area contributed by atoms with Gasteiger partial charge in [0.15, 0.2) is 0 Å². The van der Waals surface area contributed by atoms with Gasteiger partial charge in [0.05, 0.1) is 17.6 Å². The molecule has 0 bridgehead atoms. The van der Waals surface area contributed by atoms with E-state index in [-0.39, 0.29) is 18.7 Å². The van der Waals surface area contributed by atoms with E-state index in [1.807, 2.05) is 19.9 Å². The molecule has 0 aromatic heterocycles. The normalized spacial score (nSPS) is 11.3. The second kappa shape index (κ2) is 7.82. The third-order valence-electron chi connectivity index (χ3n) is 3.64. The van der Waals surface area contributed by atoms with Gasteiger partial charge >= 0.3 is 0 Å². The molecule has 0 aliphatic heterocycles. The summed E-state index contributed by atoms with van der Waals surface area (Å²) in [5.74, 6) is -2.22. The molecule has 0 saturated carbocycles. The van der Waals surface area contributed by atoms with Crippen LogP contribution in [0.4, 0.5) is 20.2 Å². The number of carbonyl (C=O) groups is 1. The largest absolute Gasteiger partial charge is 0.324 e. The molecule has 0 aliphatic carbocycles. The van der Waals surface area contributed by atoms with Gasteiger partial charge in [-0.1, -0.05) is 6.07 Å². The third-order valence-corrected chi connectivity index (χ3v) is 4.84. The number of amides is 1. The average molecular weight is 382 g/mol. The van der Waals surface area contributed by atoms with Crippen LogP contribution < -0.4 is 9.62 Å². The van der Waals surface area contributed by atoms with Crippen LogP contribution in [0.5, 0.6) is 0 Å². The first kappa shape index (κ1) is 19.8. The Bertz CT molecular complexity index is 910. The molecule has 1 amide bonds. The summed E-state index contributed by atoms with van der Waals surface area (Å²) in [4.78, 5) is 12.1. The Morgan fingerprint density at radius 1 is 1.08 bits per heavy atom. The first-order chi connectivity index (χ1) is 12.1. The summed E-state index contributed by atoms with van der Waals surface area (Å²) in [5.41, 5.74) is 2.09. The van der Waals surface area contributed by atoms with Crippen LogP contribution in [0.2, 0.25) is 0 Å². The summed E-state index contributed by atoms with van der Waals surface area (Å²) < 4.78 is 51.8. The monoisotopic (exact) mass is 382 g/mol. The van der Waals surface area contributed by atoms with Crippen LogP contribution in [0.25, 0.3) is 0 Å². The Morgan fingerprint density at radius 3 is 2.23 bits per heavy atom. The Labute approximate surface area is 151 Å². The van der Waals surface area contributed by atoms with Crippen molar-refractivity contribution in [1.29, 1.82) is 0 Å². The summed E-state index contributed by atoms with van der Waals surface area (Å²) >= 11 is 0. The lowest BCUT2D eigenvalue weighted by atomic mass is 10.1. The van der Waals surface area contributed by atoms with E-state index in [1.54, 1.807) is 12.1 Å². The Balaban J connectivity index is 2.13. The van der Waals surface area contributed by atoms with Crippen molar-refractivity contribution in [2.45, 2.75) is 20.3 Å². The standard InChI is InChI=1S/C18H20F2N2O3S/c1-12-8-13(2)10-15(9-12)22(26(3,24)25)7-6-18(23)21-17-5-4-14(19)11-16(17)20/h4-5,8-11H,6-7H2,1-3H3,(H,21,23). The van der Waals surface area contributed by atoms with Crippen LogP contribution in [-0.2, 0) is 14.8 Å². The molecule has 140 valence electrons. The zero-order chi connectivity index (χ0) is 19.5. The number of rotatable bonds is 6. The molecule has 0 aliphatic rings. The van der Waals surface area contributed by atoms with Crippen molar-refractivity contribution < 1.29 is 22.0 Å². The molecular weight excluding hydrogens is 362 g/mol. The van der Waals surface area contributed by atoms with Gasteiger partial charge in [-0.2, -0.15) is 0 Å². The number of hydrogen-bond acceptors (Lipinski definition) is 3. The molecule has 0 fully saturated rings. The SMILES string of the molecule is Cc1cc(C)cc(N(CCC(=O)Nc2ccc(F)cc2F)S(C)(=O)=O)c1. The number of carbonyl (C=O) groups excluding carboxylic acids is 1. The molecule has 1 N–H and O–H groups in total. The summed E-state index contributed by atoms with van der Waals surface area (Å²) in [6.07, 6.45) is 0.874. The summed E-state index contributed by atoms with van der Waals surface area (Å²) in [6.45, 7) is 3.60. The van der Waals surface area contributed by atoms with Gasteiger partial charge in [-0.05, 0) is 49.2 Å². The Morgan fingerprint density at radius 2 is 1.69 bits per heavy atom. The number of hydrogen-bond donors (Lipinski definition) is 1. The van der Waals surface area contributed by atoms with Gasteiger partial charge in [0.1, 0.15) is 11.6 Å².